The van der Waals surface area contributed by atoms with Crippen molar-refractivity contribution >= 4 is 11.9 Å². The molecule has 0 radical (unpaired) electrons. The van der Waals surface area contributed by atoms with Crippen LogP contribution >= 0.6 is 0 Å². The Labute approximate surface area is 102 Å². The molecule has 0 aromatic carbocycles. The number of aliphatic carboxylic acids is 1. The maximum absolute atomic E-state index is 11.8. The summed E-state index contributed by atoms with van der Waals surface area (Å²) in [7, 11) is 0. The van der Waals surface area contributed by atoms with E-state index in [0.29, 0.717) is 12.3 Å². The molecule has 0 aliphatic carbocycles. The lowest BCUT2D eigenvalue weighted by Crippen LogP contribution is -2.46. The average molecular weight is 242 g/mol. The van der Waals surface area contributed by atoms with Gasteiger partial charge in [-0.1, -0.05) is 6.92 Å². The SMILES string of the molecule is CCC(N)C(=O)N1CCC(CCC(=O)O)CC1. The van der Waals surface area contributed by atoms with Crippen LogP contribution in [0.1, 0.15) is 39.0 Å². The van der Waals surface area contributed by atoms with E-state index in [9.17, 15) is 9.59 Å². The largest absolute Gasteiger partial charge is 0.481 e. The summed E-state index contributed by atoms with van der Waals surface area (Å²) in [5, 5.41) is 8.61. The van der Waals surface area contributed by atoms with Crippen molar-refractivity contribution in [2.75, 3.05) is 13.1 Å². The Hall–Kier alpha value is -1.10. The van der Waals surface area contributed by atoms with Crippen LogP contribution in [0.2, 0.25) is 0 Å². The zero-order chi connectivity index (χ0) is 12.8. The molecule has 1 rings (SSSR count). The van der Waals surface area contributed by atoms with Crippen LogP contribution in [0.3, 0.4) is 0 Å². The molecule has 1 amide bonds. The monoisotopic (exact) mass is 242 g/mol. The number of carboxylic acids is 1. The summed E-state index contributed by atoms with van der Waals surface area (Å²) < 4.78 is 0. The van der Waals surface area contributed by atoms with Crippen LogP contribution in [0.4, 0.5) is 0 Å². The van der Waals surface area contributed by atoms with Gasteiger partial charge in [0.25, 0.3) is 0 Å². The summed E-state index contributed by atoms with van der Waals surface area (Å²) in [6.45, 7) is 3.34. The second kappa shape index (κ2) is 6.59. The molecule has 0 bridgehead atoms. The minimum absolute atomic E-state index is 0.0317. The number of hydrogen-bond acceptors (Lipinski definition) is 3. The zero-order valence-electron chi connectivity index (χ0n) is 10.4. The van der Waals surface area contributed by atoms with E-state index < -0.39 is 5.97 Å². The molecule has 1 heterocycles. The number of nitrogens with two attached hydrogens (primary N) is 1. The van der Waals surface area contributed by atoms with Gasteiger partial charge >= 0.3 is 5.97 Å². The number of amides is 1. The third-order valence-corrected chi connectivity index (χ3v) is 3.45. The number of likely N-dealkylation sites (tertiary alicyclic amines) is 1. The molecule has 3 N–H and O–H groups in total. The summed E-state index contributed by atoms with van der Waals surface area (Å²) in [6, 6.07) is -0.384. The Kier molecular flexibility index (Phi) is 5.41. The molecule has 1 aliphatic rings. The Bertz CT molecular complexity index is 273. The quantitative estimate of drug-likeness (QED) is 0.748. The fraction of sp³-hybridized carbons (Fsp3) is 0.833. The van der Waals surface area contributed by atoms with Gasteiger partial charge in [-0.25, -0.2) is 0 Å². The molecule has 5 nitrogen and oxygen atoms in total. The van der Waals surface area contributed by atoms with Crippen molar-refractivity contribution in [2.45, 2.75) is 45.1 Å². The minimum atomic E-state index is -0.739. The summed E-state index contributed by atoms with van der Waals surface area (Å²) in [5.41, 5.74) is 5.71. The lowest BCUT2D eigenvalue weighted by molar-refractivity contribution is -0.138. The highest BCUT2D eigenvalue weighted by atomic mass is 16.4. The molecule has 0 aromatic heterocycles. The highest BCUT2D eigenvalue weighted by Gasteiger charge is 2.25. The molecule has 1 saturated heterocycles. The smallest absolute Gasteiger partial charge is 0.303 e. The fourth-order valence-corrected chi connectivity index (χ4v) is 2.18. The van der Waals surface area contributed by atoms with Gasteiger partial charge in [0, 0.05) is 19.5 Å². The predicted octanol–water partition coefficient (Wildman–Crippen LogP) is 0.827. The van der Waals surface area contributed by atoms with E-state index in [2.05, 4.69) is 0 Å². The maximum atomic E-state index is 11.8. The van der Waals surface area contributed by atoms with Crippen molar-refractivity contribution in [3.8, 4) is 0 Å². The summed E-state index contributed by atoms with van der Waals surface area (Å²) in [6.07, 6.45) is 3.41. The summed E-state index contributed by atoms with van der Waals surface area (Å²) in [4.78, 5) is 24.1. The Morgan fingerprint density at radius 1 is 1.41 bits per heavy atom. The van der Waals surface area contributed by atoms with E-state index >= 15 is 0 Å². The number of nitrogens with zero attached hydrogens (tertiary/aromatic N) is 1. The van der Waals surface area contributed by atoms with Crippen molar-refractivity contribution < 1.29 is 14.7 Å². The van der Waals surface area contributed by atoms with Gasteiger partial charge in [-0.05, 0) is 31.6 Å². The number of carbonyl (C=O) groups is 2. The lowest BCUT2D eigenvalue weighted by atomic mass is 9.92. The molecule has 98 valence electrons. The van der Waals surface area contributed by atoms with Crippen LogP contribution in [-0.4, -0.2) is 41.0 Å². The molecular weight excluding hydrogens is 220 g/mol. The highest BCUT2D eigenvalue weighted by Crippen LogP contribution is 2.22. The van der Waals surface area contributed by atoms with Crippen LogP contribution in [0, 0.1) is 5.92 Å². The Balaban J connectivity index is 2.30. The van der Waals surface area contributed by atoms with Gasteiger partial charge < -0.3 is 15.7 Å². The summed E-state index contributed by atoms with van der Waals surface area (Å²) in [5.74, 6) is -0.270. The molecule has 1 fully saturated rings. The molecule has 0 spiro atoms. The molecule has 1 unspecified atom stereocenters. The van der Waals surface area contributed by atoms with Crippen LogP contribution in [0.15, 0.2) is 0 Å². The Morgan fingerprint density at radius 2 is 2.00 bits per heavy atom. The predicted molar refractivity (Wildman–Crippen MR) is 64.4 cm³/mol. The first-order valence-corrected chi connectivity index (χ1v) is 6.30. The molecule has 0 aromatic rings. The standard InChI is InChI=1S/C12H22N2O3/c1-2-10(13)12(17)14-7-5-9(6-8-14)3-4-11(15)16/h9-10H,2-8,13H2,1H3,(H,15,16). The van der Waals surface area contributed by atoms with Gasteiger partial charge in [-0.3, -0.25) is 9.59 Å². The number of hydrogen-bond donors (Lipinski definition) is 2. The third kappa shape index (κ3) is 4.34. The average Bonchev–Trinajstić information content (AvgIpc) is 2.35. The van der Waals surface area contributed by atoms with E-state index in [-0.39, 0.29) is 18.4 Å². The van der Waals surface area contributed by atoms with E-state index in [1.807, 2.05) is 11.8 Å². The molecule has 1 aliphatic heterocycles. The molecule has 17 heavy (non-hydrogen) atoms. The lowest BCUT2D eigenvalue weighted by Gasteiger charge is -2.33. The fourth-order valence-electron chi connectivity index (χ4n) is 2.18. The Morgan fingerprint density at radius 3 is 2.47 bits per heavy atom. The number of rotatable bonds is 5. The highest BCUT2D eigenvalue weighted by molar-refractivity contribution is 5.81. The molecular formula is C12H22N2O3. The van der Waals surface area contributed by atoms with Crippen LogP contribution in [-0.2, 0) is 9.59 Å². The number of carboxylic acid groups (broad SMARTS) is 1. The maximum Gasteiger partial charge on any atom is 0.303 e. The van der Waals surface area contributed by atoms with Gasteiger partial charge in [0.15, 0.2) is 0 Å². The van der Waals surface area contributed by atoms with Crippen LogP contribution in [0.5, 0.6) is 0 Å². The van der Waals surface area contributed by atoms with Gasteiger partial charge in [0.05, 0.1) is 6.04 Å². The topological polar surface area (TPSA) is 83.6 Å². The second-order valence-corrected chi connectivity index (χ2v) is 4.72. The van der Waals surface area contributed by atoms with Crippen molar-refractivity contribution in [1.82, 2.24) is 4.90 Å². The first-order chi connectivity index (χ1) is 8.04. The van der Waals surface area contributed by atoms with E-state index in [0.717, 1.165) is 32.4 Å². The zero-order valence-corrected chi connectivity index (χ0v) is 10.4. The van der Waals surface area contributed by atoms with Gasteiger partial charge in [-0.15, -0.1) is 0 Å². The van der Waals surface area contributed by atoms with Crippen LogP contribution < -0.4 is 5.73 Å². The van der Waals surface area contributed by atoms with Gasteiger partial charge in [0.2, 0.25) is 5.91 Å². The minimum Gasteiger partial charge on any atom is -0.481 e. The number of carbonyl (C=O) groups excluding carboxylic acids is 1. The second-order valence-electron chi connectivity index (χ2n) is 4.72. The molecule has 5 heteroatoms. The molecule has 1 atom stereocenters. The summed E-state index contributed by atoms with van der Waals surface area (Å²) >= 11 is 0. The van der Waals surface area contributed by atoms with E-state index in [1.165, 1.54) is 0 Å². The van der Waals surface area contributed by atoms with Crippen molar-refractivity contribution in [2.24, 2.45) is 11.7 Å². The first kappa shape index (κ1) is 14.0. The van der Waals surface area contributed by atoms with E-state index in [4.69, 9.17) is 10.8 Å². The van der Waals surface area contributed by atoms with Gasteiger partial charge in [-0.2, -0.15) is 0 Å². The van der Waals surface area contributed by atoms with Crippen molar-refractivity contribution in [3.63, 3.8) is 0 Å². The number of piperidine rings is 1. The normalized spacial score (nSPS) is 19.1. The molecule has 0 saturated carbocycles. The van der Waals surface area contributed by atoms with Crippen LogP contribution in [0.25, 0.3) is 0 Å². The van der Waals surface area contributed by atoms with E-state index in [1.54, 1.807) is 0 Å². The van der Waals surface area contributed by atoms with Crippen molar-refractivity contribution in [1.29, 1.82) is 0 Å². The first-order valence-electron chi connectivity index (χ1n) is 6.30. The van der Waals surface area contributed by atoms with Gasteiger partial charge in [0.1, 0.15) is 0 Å². The third-order valence-electron chi connectivity index (χ3n) is 3.45. The van der Waals surface area contributed by atoms with Crippen molar-refractivity contribution in [3.05, 3.63) is 0 Å².